The van der Waals surface area contributed by atoms with Gasteiger partial charge in [-0.25, -0.2) is 0 Å². The number of para-hydroxylation sites is 1. The minimum absolute atomic E-state index is 0.234. The number of aromatic nitrogens is 1. The summed E-state index contributed by atoms with van der Waals surface area (Å²) in [5, 5.41) is 12.3. The standard InChI is InChI=1S/C16H15N3O2S/c20-19(21)16-6-5-11(22-16)9-18-8-7-13-12-3-1-2-4-14(12)17-15(13)10-18/h1-6,17H,7-10H2/p+1. The van der Waals surface area contributed by atoms with Gasteiger partial charge < -0.3 is 9.88 Å². The molecule has 112 valence electrons. The number of hydrogen-bond donors (Lipinski definition) is 2. The van der Waals surface area contributed by atoms with Crippen molar-refractivity contribution in [2.24, 2.45) is 0 Å². The Morgan fingerprint density at radius 3 is 2.95 bits per heavy atom. The zero-order chi connectivity index (χ0) is 15.1. The highest BCUT2D eigenvalue weighted by molar-refractivity contribution is 7.15. The van der Waals surface area contributed by atoms with Crippen LogP contribution < -0.4 is 4.90 Å². The Morgan fingerprint density at radius 1 is 1.27 bits per heavy atom. The molecule has 1 aliphatic rings. The number of H-pyrrole nitrogens is 1. The number of fused-ring (bicyclic) bond motifs is 3. The van der Waals surface area contributed by atoms with Gasteiger partial charge in [0.15, 0.2) is 0 Å². The second kappa shape index (κ2) is 5.23. The van der Waals surface area contributed by atoms with Crippen LogP contribution in [-0.2, 0) is 19.5 Å². The van der Waals surface area contributed by atoms with E-state index in [1.807, 2.05) is 6.07 Å². The van der Waals surface area contributed by atoms with Crippen LogP contribution in [0, 0.1) is 10.1 Å². The predicted octanol–water partition coefficient (Wildman–Crippen LogP) is 2.28. The molecule has 1 atom stereocenters. The number of nitrogens with one attached hydrogen (secondary N) is 2. The Kier molecular flexibility index (Phi) is 3.20. The van der Waals surface area contributed by atoms with E-state index < -0.39 is 0 Å². The SMILES string of the molecule is O=[N+]([O-])c1ccc(C[NH+]2CCc3c([nH]c4ccccc34)C2)s1. The van der Waals surface area contributed by atoms with E-state index in [0.717, 1.165) is 30.9 Å². The fraction of sp³-hybridized carbons (Fsp3) is 0.250. The average Bonchev–Trinajstić information content (AvgIpc) is 3.11. The number of benzene rings is 1. The first-order valence-electron chi connectivity index (χ1n) is 7.36. The summed E-state index contributed by atoms with van der Waals surface area (Å²) in [7, 11) is 0. The van der Waals surface area contributed by atoms with Crippen molar-refractivity contribution in [3.8, 4) is 0 Å². The number of aromatic amines is 1. The minimum Gasteiger partial charge on any atom is -0.354 e. The summed E-state index contributed by atoms with van der Waals surface area (Å²) in [6, 6.07) is 11.9. The van der Waals surface area contributed by atoms with Gasteiger partial charge in [0.1, 0.15) is 13.1 Å². The molecule has 0 amide bonds. The first kappa shape index (κ1) is 13.5. The molecule has 0 spiro atoms. The monoisotopic (exact) mass is 314 g/mol. The molecule has 1 unspecified atom stereocenters. The smallest absolute Gasteiger partial charge is 0.324 e. The molecule has 0 saturated heterocycles. The third-order valence-corrected chi connectivity index (χ3v) is 5.35. The molecule has 0 radical (unpaired) electrons. The molecule has 0 fully saturated rings. The van der Waals surface area contributed by atoms with Crippen molar-refractivity contribution < 1.29 is 9.82 Å². The number of quaternary nitrogens is 1. The highest BCUT2D eigenvalue weighted by Crippen LogP contribution is 2.25. The van der Waals surface area contributed by atoms with Crippen molar-refractivity contribution in [2.75, 3.05) is 6.54 Å². The number of thiophene rings is 1. The van der Waals surface area contributed by atoms with Gasteiger partial charge in [0.25, 0.3) is 0 Å². The Morgan fingerprint density at radius 2 is 2.14 bits per heavy atom. The van der Waals surface area contributed by atoms with Gasteiger partial charge in [-0.15, -0.1) is 0 Å². The van der Waals surface area contributed by atoms with Gasteiger partial charge in [-0.2, -0.15) is 0 Å². The molecule has 2 N–H and O–H groups in total. The van der Waals surface area contributed by atoms with Crippen molar-refractivity contribution in [3.05, 3.63) is 62.6 Å². The summed E-state index contributed by atoms with van der Waals surface area (Å²) in [6.45, 7) is 2.88. The van der Waals surface area contributed by atoms with Crippen LogP contribution in [0.2, 0.25) is 0 Å². The molecular weight excluding hydrogens is 298 g/mol. The molecule has 5 nitrogen and oxygen atoms in total. The Hall–Kier alpha value is -2.18. The van der Waals surface area contributed by atoms with Gasteiger partial charge in [-0.1, -0.05) is 29.5 Å². The first-order chi connectivity index (χ1) is 10.7. The van der Waals surface area contributed by atoms with E-state index in [2.05, 4.69) is 29.2 Å². The summed E-state index contributed by atoms with van der Waals surface area (Å²) in [4.78, 5) is 16.5. The van der Waals surface area contributed by atoms with Gasteiger partial charge in [-0.05, 0) is 17.7 Å². The molecule has 2 aromatic heterocycles. The van der Waals surface area contributed by atoms with E-state index in [1.54, 1.807) is 6.07 Å². The van der Waals surface area contributed by atoms with E-state index in [9.17, 15) is 10.1 Å². The average molecular weight is 314 g/mol. The fourth-order valence-electron chi connectivity index (χ4n) is 3.29. The summed E-state index contributed by atoms with van der Waals surface area (Å²) in [6.07, 6.45) is 1.06. The lowest BCUT2D eigenvalue weighted by Crippen LogP contribution is -3.10. The minimum atomic E-state index is -0.310. The number of rotatable bonds is 3. The summed E-state index contributed by atoms with van der Waals surface area (Å²) < 4.78 is 0. The molecule has 1 aliphatic heterocycles. The van der Waals surface area contributed by atoms with Crippen LogP contribution in [0.3, 0.4) is 0 Å². The number of nitro groups is 1. The quantitative estimate of drug-likeness (QED) is 0.575. The second-order valence-electron chi connectivity index (χ2n) is 5.73. The summed E-state index contributed by atoms with van der Waals surface area (Å²) >= 11 is 1.29. The van der Waals surface area contributed by atoms with Gasteiger partial charge in [0.05, 0.1) is 22.0 Å². The van der Waals surface area contributed by atoms with E-state index in [-0.39, 0.29) is 9.92 Å². The molecule has 0 saturated carbocycles. The lowest BCUT2D eigenvalue weighted by atomic mass is 10.0. The highest BCUT2D eigenvalue weighted by Gasteiger charge is 2.24. The fourth-order valence-corrected chi connectivity index (χ4v) is 4.18. The van der Waals surface area contributed by atoms with Crippen LogP contribution >= 0.6 is 11.3 Å². The maximum absolute atomic E-state index is 10.8. The molecule has 3 aromatic rings. The van der Waals surface area contributed by atoms with Crippen LogP contribution in [-0.4, -0.2) is 16.5 Å². The third-order valence-electron chi connectivity index (χ3n) is 4.31. The van der Waals surface area contributed by atoms with Crippen LogP contribution in [0.1, 0.15) is 16.1 Å². The van der Waals surface area contributed by atoms with E-state index in [4.69, 9.17) is 0 Å². The molecular formula is C16H16N3O2S+. The number of hydrogen-bond acceptors (Lipinski definition) is 3. The van der Waals surface area contributed by atoms with Crippen molar-refractivity contribution >= 4 is 27.2 Å². The molecule has 6 heteroatoms. The second-order valence-corrected chi connectivity index (χ2v) is 6.88. The zero-order valence-electron chi connectivity index (χ0n) is 12.0. The predicted molar refractivity (Wildman–Crippen MR) is 86.2 cm³/mol. The Labute approximate surface area is 131 Å². The van der Waals surface area contributed by atoms with E-state index in [1.165, 1.54) is 38.4 Å². The van der Waals surface area contributed by atoms with Crippen LogP contribution in [0.25, 0.3) is 10.9 Å². The van der Waals surface area contributed by atoms with Crippen LogP contribution in [0.5, 0.6) is 0 Å². The zero-order valence-corrected chi connectivity index (χ0v) is 12.8. The Balaban J connectivity index is 1.55. The summed E-state index contributed by atoms with van der Waals surface area (Å²) in [5.74, 6) is 0. The lowest BCUT2D eigenvalue weighted by Gasteiger charge is -2.23. The van der Waals surface area contributed by atoms with Gasteiger partial charge in [0.2, 0.25) is 0 Å². The molecule has 1 aromatic carbocycles. The number of nitrogens with zero attached hydrogens (tertiary/aromatic N) is 1. The molecule has 0 bridgehead atoms. The third kappa shape index (κ3) is 2.30. The molecule has 22 heavy (non-hydrogen) atoms. The maximum Gasteiger partial charge on any atom is 0.324 e. The van der Waals surface area contributed by atoms with Gasteiger partial charge in [-0.3, -0.25) is 10.1 Å². The van der Waals surface area contributed by atoms with Crippen molar-refractivity contribution in [1.29, 1.82) is 0 Å². The van der Waals surface area contributed by atoms with Crippen molar-refractivity contribution in [3.63, 3.8) is 0 Å². The Bertz CT molecular complexity index is 852. The van der Waals surface area contributed by atoms with Crippen LogP contribution in [0.15, 0.2) is 36.4 Å². The molecule has 4 rings (SSSR count). The molecule has 0 aliphatic carbocycles. The van der Waals surface area contributed by atoms with Crippen LogP contribution in [0.4, 0.5) is 5.00 Å². The first-order valence-corrected chi connectivity index (χ1v) is 8.17. The lowest BCUT2D eigenvalue weighted by molar-refractivity contribution is -0.929. The van der Waals surface area contributed by atoms with Crippen molar-refractivity contribution in [1.82, 2.24) is 4.98 Å². The van der Waals surface area contributed by atoms with E-state index >= 15 is 0 Å². The van der Waals surface area contributed by atoms with Gasteiger partial charge in [0, 0.05) is 23.4 Å². The molecule has 3 heterocycles. The largest absolute Gasteiger partial charge is 0.354 e. The van der Waals surface area contributed by atoms with Crippen molar-refractivity contribution in [2.45, 2.75) is 19.5 Å². The normalized spacial score (nSPS) is 17.5. The van der Waals surface area contributed by atoms with E-state index in [0.29, 0.717) is 0 Å². The topological polar surface area (TPSA) is 63.4 Å². The van der Waals surface area contributed by atoms with Gasteiger partial charge >= 0.3 is 5.00 Å². The summed E-state index contributed by atoms with van der Waals surface area (Å²) in [5.41, 5.74) is 3.96. The maximum atomic E-state index is 10.8. The highest BCUT2D eigenvalue weighted by atomic mass is 32.1.